The predicted octanol–water partition coefficient (Wildman–Crippen LogP) is 2.85. The highest BCUT2D eigenvalue weighted by Crippen LogP contribution is 2.27. The second-order valence-corrected chi connectivity index (χ2v) is 7.23. The Morgan fingerprint density at radius 1 is 1.33 bits per heavy atom. The second kappa shape index (κ2) is 7.77. The molecule has 0 atom stereocenters. The highest BCUT2D eigenvalue weighted by Gasteiger charge is 2.16. The van der Waals surface area contributed by atoms with E-state index in [-0.39, 0.29) is 17.4 Å². The predicted molar refractivity (Wildman–Crippen MR) is 83.3 cm³/mol. The molecule has 0 saturated heterocycles. The number of nitrogens with one attached hydrogen (secondary N) is 1. The van der Waals surface area contributed by atoms with Crippen molar-refractivity contribution in [3.63, 3.8) is 0 Å². The lowest BCUT2D eigenvalue weighted by atomic mass is 10.1. The Labute approximate surface area is 130 Å². The quantitative estimate of drug-likeness (QED) is 0.615. The van der Waals surface area contributed by atoms with Crippen LogP contribution in [0.25, 0.3) is 0 Å². The van der Waals surface area contributed by atoms with Crippen molar-refractivity contribution in [3.8, 4) is 0 Å². The number of amides is 1. The van der Waals surface area contributed by atoms with E-state index in [4.69, 9.17) is 15.4 Å². The van der Waals surface area contributed by atoms with E-state index >= 15 is 0 Å². The highest BCUT2D eigenvalue weighted by molar-refractivity contribution is 8.13. The van der Waals surface area contributed by atoms with Gasteiger partial charge in [-0.15, -0.1) is 0 Å². The first-order chi connectivity index (χ1) is 9.79. The molecule has 5 nitrogen and oxygen atoms in total. The number of hydrogen-bond acceptors (Lipinski definition) is 4. The molecule has 0 aromatic heterocycles. The summed E-state index contributed by atoms with van der Waals surface area (Å²) in [6.45, 7) is 6.07. The molecule has 1 rings (SSSR count). The molecule has 0 fully saturated rings. The first-order valence-corrected chi connectivity index (χ1v) is 9.06. The summed E-state index contributed by atoms with van der Waals surface area (Å²) >= 11 is 0. The second-order valence-electron chi connectivity index (χ2n) is 4.67. The van der Waals surface area contributed by atoms with Crippen molar-refractivity contribution in [3.05, 3.63) is 23.3 Å². The molecule has 1 aromatic rings. The van der Waals surface area contributed by atoms with Crippen molar-refractivity contribution in [2.75, 3.05) is 18.5 Å². The third kappa shape index (κ3) is 5.30. The standard InChI is InChI=1S/C14H20ClNO4S/c1-4-6-20-9-13(17)16-14-10(3)7-12(21(15,18)19)8-11(14)5-2/h7-8H,4-6,9H2,1-3H3,(H,16,17). The molecule has 1 amide bonds. The molecular weight excluding hydrogens is 314 g/mol. The van der Waals surface area contributed by atoms with E-state index in [1.54, 1.807) is 6.92 Å². The average molecular weight is 334 g/mol. The molecule has 0 saturated carbocycles. The van der Waals surface area contributed by atoms with Crippen LogP contribution in [0.1, 0.15) is 31.4 Å². The zero-order valence-corrected chi connectivity index (χ0v) is 14.0. The lowest BCUT2D eigenvalue weighted by Gasteiger charge is -2.14. The van der Waals surface area contributed by atoms with Gasteiger partial charge in [-0.05, 0) is 43.0 Å². The maximum absolute atomic E-state index is 11.8. The number of aryl methyl sites for hydroxylation is 2. The number of benzene rings is 1. The van der Waals surface area contributed by atoms with Gasteiger partial charge in [0, 0.05) is 23.0 Å². The van der Waals surface area contributed by atoms with Crippen molar-refractivity contribution in [1.29, 1.82) is 0 Å². The van der Waals surface area contributed by atoms with Crippen LogP contribution in [0.15, 0.2) is 17.0 Å². The number of carbonyl (C=O) groups excluding carboxylic acids is 1. The van der Waals surface area contributed by atoms with Crippen molar-refractivity contribution >= 4 is 31.3 Å². The summed E-state index contributed by atoms with van der Waals surface area (Å²) in [6, 6.07) is 2.93. The number of rotatable bonds is 7. The van der Waals surface area contributed by atoms with Crippen LogP contribution >= 0.6 is 10.7 Å². The van der Waals surface area contributed by atoms with E-state index in [9.17, 15) is 13.2 Å². The summed E-state index contributed by atoms with van der Waals surface area (Å²) in [6.07, 6.45) is 1.42. The Bertz CT molecular complexity index is 614. The number of hydrogen-bond donors (Lipinski definition) is 1. The molecule has 0 radical (unpaired) electrons. The summed E-state index contributed by atoms with van der Waals surface area (Å²) in [5.74, 6) is -0.261. The maximum atomic E-state index is 11.8. The summed E-state index contributed by atoms with van der Waals surface area (Å²) in [5.41, 5.74) is 1.99. The zero-order chi connectivity index (χ0) is 16.0. The van der Waals surface area contributed by atoms with Crippen molar-refractivity contribution in [2.24, 2.45) is 0 Å². The van der Waals surface area contributed by atoms with Gasteiger partial charge in [0.05, 0.1) is 4.90 Å². The molecule has 0 aliphatic carbocycles. The molecule has 0 aliphatic heterocycles. The van der Waals surface area contributed by atoms with E-state index in [0.29, 0.717) is 24.3 Å². The number of anilines is 1. The van der Waals surface area contributed by atoms with Crippen LogP contribution in [-0.4, -0.2) is 27.5 Å². The minimum Gasteiger partial charge on any atom is -0.372 e. The van der Waals surface area contributed by atoms with Crippen molar-refractivity contribution < 1.29 is 17.9 Å². The smallest absolute Gasteiger partial charge is 0.261 e. The zero-order valence-electron chi connectivity index (χ0n) is 12.4. The summed E-state index contributed by atoms with van der Waals surface area (Å²) in [4.78, 5) is 11.8. The topological polar surface area (TPSA) is 72.5 Å². The molecule has 21 heavy (non-hydrogen) atoms. The molecule has 0 spiro atoms. The minimum atomic E-state index is -3.79. The van der Waals surface area contributed by atoms with Gasteiger partial charge < -0.3 is 10.1 Å². The van der Waals surface area contributed by atoms with Gasteiger partial charge in [0.2, 0.25) is 5.91 Å². The molecule has 1 aromatic carbocycles. The van der Waals surface area contributed by atoms with Crippen LogP contribution in [0.2, 0.25) is 0 Å². The summed E-state index contributed by atoms with van der Waals surface area (Å²) < 4.78 is 28.0. The molecule has 0 aliphatic rings. The number of carbonyl (C=O) groups is 1. The van der Waals surface area contributed by atoms with E-state index < -0.39 is 9.05 Å². The maximum Gasteiger partial charge on any atom is 0.261 e. The van der Waals surface area contributed by atoms with Gasteiger partial charge >= 0.3 is 0 Å². The largest absolute Gasteiger partial charge is 0.372 e. The van der Waals surface area contributed by atoms with Crippen LogP contribution in [0, 0.1) is 6.92 Å². The average Bonchev–Trinajstić information content (AvgIpc) is 2.39. The minimum absolute atomic E-state index is 0.0218. The SMILES string of the molecule is CCCOCC(=O)Nc1c(C)cc(S(=O)(=O)Cl)cc1CC. The van der Waals surface area contributed by atoms with Gasteiger partial charge in [0.15, 0.2) is 0 Å². The Balaban J connectivity index is 3.00. The summed E-state index contributed by atoms with van der Waals surface area (Å²) in [5, 5.41) is 2.77. The summed E-state index contributed by atoms with van der Waals surface area (Å²) in [7, 11) is 1.58. The Morgan fingerprint density at radius 2 is 2.00 bits per heavy atom. The van der Waals surface area contributed by atoms with E-state index in [1.807, 2.05) is 13.8 Å². The molecule has 0 unspecified atom stereocenters. The van der Waals surface area contributed by atoms with Gasteiger partial charge in [-0.1, -0.05) is 13.8 Å². The first kappa shape index (κ1) is 17.9. The van der Waals surface area contributed by atoms with E-state index in [1.165, 1.54) is 12.1 Å². The lowest BCUT2D eigenvalue weighted by molar-refractivity contribution is -0.120. The van der Waals surface area contributed by atoms with Gasteiger partial charge in [-0.2, -0.15) is 0 Å². The highest BCUT2D eigenvalue weighted by atomic mass is 35.7. The van der Waals surface area contributed by atoms with Crippen LogP contribution in [0.4, 0.5) is 5.69 Å². The van der Waals surface area contributed by atoms with Crippen LogP contribution in [-0.2, 0) is 25.0 Å². The molecule has 0 heterocycles. The van der Waals surface area contributed by atoms with Crippen LogP contribution in [0.5, 0.6) is 0 Å². The number of halogens is 1. The Morgan fingerprint density at radius 3 is 2.52 bits per heavy atom. The fourth-order valence-electron chi connectivity index (χ4n) is 1.91. The lowest BCUT2D eigenvalue weighted by Crippen LogP contribution is -2.20. The van der Waals surface area contributed by atoms with E-state index in [0.717, 1.165) is 12.0 Å². The van der Waals surface area contributed by atoms with Crippen molar-refractivity contribution in [1.82, 2.24) is 0 Å². The Hall–Kier alpha value is -1.11. The Kier molecular flexibility index (Phi) is 6.64. The number of ether oxygens (including phenoxy) is 1. The molecular formula is C14H20ClNO4S. The van der Waals surface area contributed by atoms with Gasteiger partial charge in [0.25, 0.3) is 9.05 Å². The van der Waals surface area contributed by atoms with Gasteiger partial charge in [-0.3, -0.25) is 4.79 Å². The van der Waals surface area contributed by atoms with Crippen molar-refractivity contribution in [2.45, 2.75) is 38.5 Å². The first-order valence-electron chi connectivity index (χ1n) is 6.75. The fraction of sp³-hybridized carbons (Fsp3) is 0.500. The third-order valence-corrected chi connectivity index (χ3v) is 4.23. The third-order valence-electron chi connectivity index (χ3n) is 2.90. The molecule has 1 N–H and O–H groups in total. The van der Waals surface area contributed by atoms with Gasteiger partial charge in [-0.25, -0.2) is 8.42 Å². The molecule has 7 heteroatoms. The van der Waals surface area contributed by atoms with E-state index in [2.05, 4.69) is 5.32 Å². The monoisotopic (exact) mass is 333 g/mol. The fourth-order valence-corrected chi connectivity index (χ4v) is 2.78. The molecule has 0 bridgehead atoms. The van der Waals surface area contributed by atoms with Crippen LogP contribution < -0.4 is 5.32 Å². The van der Waals surface area contributed by atoms with Gasteiger partial charge in [0.1, 0.15) is 6.61 Å². The van der Waals surface area contributed by atoms with Crippen LogP contribution in [0.3, 0.4) is 0 Å². The molecule has 118 valence electrons. The normalized spacial score (nSPS) is 11.4.